The Balaban J connectivity index is 1.81. The summed E-state index contributed by atoms with van der Waals surface area (Å²) in [5.41, 5.74) is 5.55. The monoisotopic (exact) mass is 374 g/mol. The highest BCUT2D eigenvalue weighted by Crippen LogP contribution is 2.37. The molecule has 0 fully saturated rings. The van der Waals surface area contributed by atoms with E-state index in [1.165, 1.54) is 0 Å². The molecule has 28 heavy (non-hydrogen) atoms. The molecule has 0 atom stereocenters. The number of fused-ring (bicyclic) bond motifs is 2. The molecule has 1 amide bonds. The SMILES string of the molecule is COc1ccc(/C=C2/CCc3c2nc2ccccc2c3C(=O)NCCO)cc1. The Morgan fingerprint density at radius 3 is 2.71 bits per heavy atom. The molecule has 2 aromatic carbocycles. The minimum atomic E-state index is -0.158. The number of methoxy groups -OCH3 is 1. The van der Waals surface area contributed by atoms with Crippen LogP contribution in [-0.4, -0.2) is 36.3 Å². The van der Waals surface area contributed by atoms with Crippen LogP contribution in [0.4, 0.5) is 0 Å². The number of allylic oxidation sites excluding steroid dienone is 1. The fourth-order valence-corrected chi connectivity index (χ4v) is 3.70. The van der Waals surface area contributed by atoms with Crippen molar-refractivity contribution in [3.63, 3.8) is 0 Å². The molecule has 3 aromatic rings. The maximum atomic E-state index is 12.8. The molecule has 0 spiro atoms. The maximum absolute atomic E-state index is 12.8. The largest absolute Gasteiger partial charge is 0.497 e. The number of aromatic nitrogens is 1. The Bertz CT molecular complexity index is 1060. The second-order valence-corrected chi connectivity index (χ2v) is 6.75. The van der Waals surface area contributed by atoms with Crippen LogP contribution in [0, 0.1) is 0 Å². The van der Waals surface area contributed by atoms with E-state index in [1.54, 1.807) is 7.11 Å². The fraction of sp³-hybridized carbons (Fsp3) is 0.217. The highest BCUT2D eigenvalue weighted by Gasteiger charge is 2.26. The number of hydrogen-bond acceptors (Lipinski definition) is 4. The summed E-state index contributed by atoms with van der Waals surface area (Å²) in [4.78, 5) is 17.7. The molecule has 5 heteroatoms. The van der Waals surface area contributed by atoms with Gasteiger partial charge in [0.25, 0.3) is 5.91 Å². The Kier molecular flexibility index (Phi) is 5.08. The van der Waals surface area contributed by atoms with Gasteiger partial charge in [0.05, 0.1) is 30.5 Å². The lowest BCUT2D eigenvalue weighted by atomic mass is 10.00. The zero-order chi connectivity index (χ0) is 19.5. The van der Waals surface area contributed by atoms with Crippen molar-refractivity contribution in [3.8, 4) is 5.75 Å². The first-order valence-corrected chi connectivity index (χ1v) is 9.37. The molecule has 0 saturated carbocycles. The van der Waals surface area contributed by atoms with Crippen LogP contribution in [0.15, 0.2) is 48.5 Å². The number of aliphatic hydroxyl groups is 1. The quantitative estimate of drug-likeness (QED) is 0.718. The van der Waals surface area contributed by atoms with E-state index in [4.69, 9.17) is 14.8 Å². The van der Waals surface area contributed by atoms with Crippen molar-refractivity contribution >= 4 is 28.5 Å². The number of ether oxygens (including phenoxy) is 1. The summed E-state index contributed by atoms with van der Waals surface area (Å²) in [6.45, 7) is 0.151. The van der Waals surface area contributed by atoms with Crippen LogP contribution in [-0.2, 0) is 6.42 Å². The first kappa shape index (κ1) is 18.2. The number of rotatable bonds is 5. The van der Waals surface area contributed by atoms with Crippen LogP contribution in [0.3, 0.4) is 0 Å². The van der Waals surface area contributed by atoms with Gasteiger partial charge in [-0.1, -0.05) is 30.3 Å². The van der Waals surface area contributed by atoms with Crippen molar-refractivity contribution in [2.24, 2.45) is 0 Å². The van der Waals surface area contributed by atoms with Crippen molar-refractivity contribution in [1.82, 2.24) is 10.3 Å². The zero-order valence-corrected chi connectivity index (χ0v) is 15.7. The summed E-state index contributed by atoms with van der Waals surface area (Å²) >= 11 is 0. The van der Waals surface area contributed by atoms with Gasteiger partial charge in [-0.15, -0.1) is 0 Å². The molecule has 1 aliphatic rings. The number of carbonyl (C=O) groups is 1. The van der Waals surface area contributed by atoms with E-state index in [1.807, 2.05) is 48.5 Å². The molecule has 1 aromatic heterocycles. The van der Waals surface area contributed by atoms with Gasteiger partial charge in [0.2, 0.25) is 0 Å². The summed E-state index contributed by atoms with van der Waals surface area (Å²) in [6.07, 6.45) is 3.74. The van der Waals surface area contributed by atoms with Gasteiger partial charge in [0.15, 0.2) is 0 Å². The number of pyridine rings is 1. The molecule has 0 saturated heterocycles. The predicted octanol–water partition coefficient (Wildman–Crippen LogP) is 3.45. The molecule has 1 heterocycles. The summed E-state index contributed by atoms with van der Waals surface area (Å²) in [5, 5.41) is 12.7. The summed E-state index contributed by atoms with van der Waals surface area (Å²) in [6, 6.07) is 15.6. The Morgan fingerprint density at radius 1 is 1.18 bits per heavy atom. The lowest BCUT2D eigenvalue weighted by Crippen LogP contribution is -2.27. The van der Waals surface area contributed by atoms with Gasteiger partial charge in [0.1, 0.15) is 5.75 Å². The van der Waals surface area contributed by atoms with E-state index in [2.05, 4.69) is 11.4 Å². The van der Waals surface area contributed by atoms with Crippen molar-refractivity contribution in [2.45, 2.75) is 12.8 Å². The van der Waals surface area contributed by atoms with Crippen molar-refractivity contribution < 1.29 is 14.6 Å². The summed E-state index contributed by atoms with van der Waals surface area (Å²) in [7, 11) is 1.65. The second-order valence-electron chi connectivity index (χ2n) is 6.75. The Labute approximate surface area is 163 Å². The van der Waals surface area contributed by atoms with Crippen LogP contribution >= 0.6 is 0 Å². The third kappa shape index (κ3) is 3.37. The predicted molar refractivity (Wildman–Crippen MR) is 110 cm³/mol. The number of para-hydroxylation sites is 1. The minimum absolute atomic E-state index is 0.0838. The van der Waals surface area contributed by atoms with Crippen molar-refractivity contribution in [3.05, 3.63) is 70.9 Å². The topological polar surface area (TPSA) is 71.5 Å². The Hall–Kier alpha value is -3.18. The molecule has 142 valence electrons. The van der Waals surface area contributed by atoms with Crippen LogP contribution in [0.1, 0.15) is 33.6 Å². The molecule has 0 aliphatic heterocycles. The molecule has 0 radical (unpaired) electrons. The van der Waals surface area contributed by atoms with E-state index in [9.17, 15) is 4.79 Å². The summed E-state index contributed by atoms with van der Waals surface area (Å²) in [5.74, 6) is 0.663. The highest BCUT2D eigenvalue weighted by atomic mass is 16.5. The normalized spacial score (nSPS) is 14.3. The van der Waals surface area contributed by atoms with Gasteiger partial charge in [-0.05, 0) is 53.8 Å². The molecular weight excluding hydrogens is 352 g/mol. The lowest BCUT2D eigenvalue weighted by Gasteiger charge is -2.12. The maximum Gasteiger partial charge on any atom is 0.252 e. The molecule has 4 rings (SSSR count). The number of nitrogens with one attached hydrogen (secondary N) is 1. The minimum Gasteiger partial charge on any atom is -0.497 e. The molecule has 2 N–H and O–H groups in total. The van der Waals surface area contributed by atoms with E-state index < -0.39 is 0 Å². The number of amides is 1. The van der Waals surface area contributed by atoms with Gasteiger partial charge in [-0.2, -0.15) is 0 Å². The number of benzene rings is 2. The second kappa shape index (κ2) is 7.82. The van der Waals surface area contributed by atoms with E-state index >= 15 is 0 Å². The van der Waals surface area contributed by atoms with Gasteiger partial charge >= 0.3 is 0 Å². The smallest absolute Gasteiger partial charge is 0.252 e. The number of nitrogens with zero attached hydrogens (tertiary/aromatic N) is 1. The molecule has 0 bridgehead atoms. The van der Waals surface area contributed by atoms with Crippen molar-refractivity contribution in [2.75, 3.05) is 20.3 Å². The third-order valence-electron chi connectivity index (χ3n) is 5.02. The highest BCUT2D eigenvalue weighted by molar-refractivity contribution is 6.09. The first-order valence-electron chi connectivity index (χ1n) is 9.37. The van der Waals surface area contributed by atoms with Crippen LogP contribution < -0.4 is 10.1 Å². The average molecular weight is 374 g/mol. The molecule has 0 unspecified atom stereocenters. The van der Waals surface area contributed by atoms with Gasteiger partial charge < -0.3 is 15.2 Å². The zero-order valence-electron chi connectivity index (χ0n) is 15.7. The summed E-state index contributed by atoms with van der Waals surface area (Å²) < 4.78 is 5.22. The van der Waals surface area contributed by atoms with Gasteiger partial charge in [0, 0.05) is 11.9 Å². The third-order valence-corrected chi connectivity index (χ3v) is 5.02. The lowest BCUT2D eigenvalue weighted by molar-refractivity contribution is 0.0945. The fourth-order valence-electron chi connectivity index (χ4n) is 3.70. The molecule has 1 aliphatic carbocycles. The van der Waals surface area contributed by atoms with Crippen LogP contribution in [0.2, 0.25) is 0 Å². The number of aliphatic hydroxyl groups excluding tert-OH is 1. The standard InChI is InChI=1S/C23H22N2O3/c1-28-17-9-6-15(7-10-17)14-16-8-11-19-21(23(27)24-12-13-26)18-4-2-3-5-20(18)25-22(16)19/h2-7,9-10,14,26H,8,11-13H2,1H3,(H,24,27)/b16-14-. The van der Waals surface area contributed by atoms with E-state index in [-0.39, 0.29) is 19.1 Å². The molecule has 5 nitrogen and oxygen atoms in total. The van der Waals surface area contributed by atoms with Gasteiger partial charge in [-0.25, -0.2) is 4.98 Å². The molecular formula is C23H22N2O3. The van der Waals surface area contributed by atoms with Crippen LogP contribution in [0.5, 0.6) is 5.75 Å². The number of carbonyl (C=O) groups excluding carboxylic acids is 1. The number of hydrogen-bond donors (Lipinski definition) is 2. The Morgan fingerprint density at radius 2 is 1.96 bits per heavy atom. The van der Waals surface area contributed by atoms with Crippen LogP contribution in [0.25, 0.3) is 22.6 Å². The average Bonchev–Trinajstić information content (AvgIpc) is 3.12. The van der Waals surface area contributed by atoms with Crippen molar-refractivity contribution in [1.29, 1.82) is 0 Å². The van der Waals surface area contributed by atoms with Gasteiger partial charge in [-0.3, -0.25) is 4.79 Å². The van der Waals surface area contributed by atoms with E-state index in [0.29, 0.717) is 5.56 Å². The van der Waals surface area contributed by atoms with E-state index in [0.717, 1.165) is 51.9 Å². The first-order chi connectivity index (χ1) is 13.7.